The van der Waals surface area contributed by atoms with E-state index in [0.717, 1.165) is 0 Å². The van der Waals surface area contributed by atoms with Gasteiger partial charge >= 0.3 is 0 Å². The van der Waals surface area contributed by atoms with Crippen molar-refractivity contribution in [3.63, 3.8) is 0 Å². The highest BCUT2D eigenvalue weighted by Crippen LogP contribution is 2.04. The van der Waals surface area contributed by atoms with Crippen molar-refractivity contribution in [2.75, 3.05) is 20.1 Å². The van der Waals surface area contributed by atoms with Crippen LogP contribution in [0.25, 0.3) is 0 Å². The topological polar surface area (TPSA) is 40.5 Å². The summed E-state index contributed by atoms with van der Waals surface area (Å²) in [6.45, 7) is 6.64. The van der Waals surface area contributed by atoms with Crippen molar-refractivity contribution in [3.8, 4) is 12.8 Å². The van der Waals surface area contributed by atoms with Crippen LogP contribution in [-0.2, 0) is 4.79 Å². The van der Waals surface area contributed by atoms with Crippen LogP contribution in [-0.4, -0.2) is 36.6 Å². The Balaban J connectivity index is -0.000000154. The van der Waals surface area contributed by atoms with E-state index in [0.29, 0.717) is 0 Å². The number of carboxylic acid groups (broad SMARTS) is 1. The Hall–Kier alpha value is -1.01. The second-order valence-electron chi connectivity index (χ2n) is 3.18. The SMILES string of the molecule is C#C.CCC.CN1CCCCC1.O=CO. The molecule has 0 amide bonds. The van der Waals surface area contributed by atoms with Gasteiger partial charge in [-0.3, -0.25) is 4.79 Å². The molecule has 1 heterocycles. The zero-order valence-corrected chi connectivity index (χ0v) is 10.3. The smallest absolute Gasteiger partial charge is 0.290 e. The van der Waals surface area contributed by atoms with Gasteiger partial charge in [-0.05, 0) is 33.0 Å². The number of hydrogen-bond donors (Lipinski definition) is 1. The molecule has 0 radical (unpaired) electrons. The fourth-order valence-electron chi connectivity index (χ4n) is 1.05. The molecule has 15 heavy (non-hydrogen) atoms. The van der Waals surface area contributed by atoms with Crippen LogP contribution in [0.3, 0.4) is 0 Å². The summed E-state index contributed by atoms with van der Waals surface area (Å²) in [6.07, 6.45) is 13.5. The van der Waals surface area contributed by atoms with Crippen LogP contribution in [0.15, 0.2) is 0 Å². The fraction of sp³-hybridized carbons (Fsp3) is 0.750. The Morgan fingerprint density at radius 2 is 1.47 bits per heavy atom. The lowest BCUT2D eigenvalue weighted by molar-refractivity contribution is -0.122. The van der Waals surface area contributed by atoms with Crippen molar-refractivity contribution < 1.29 is 9.90 Å². The minimum Gasteiger partial charge on any atom is -0.483 e. The van der Waals surface area contributed by atoms with Crippen molar-refractivity contribution in [2.45, 2.75) is 39.5 Å². The quantitative estimate of drug-likeness (QED) is 0.498. The summed E-state index contributed by atoms with van der Waals surface area (Å²) < 4.78 is 0. The van der Waals surface area contributed by atoms with Gasteiger partial charge in [-0.1, -0.05) is 26.7 Å². The molecule has 1 rings (SSSR count). The maximum atomic E-state index is 8.36. The molecule has 0 bridgehead atoms. The molecule has 3 nitrogen and oxygen atoms in total. The van der Waals surface area contributed by atoms with Crippen molar-refractivity contribution in [1.82, 2.24) is 4.90 Å². The third kappa shape index (κ3) is 32.1. The summed E-state index contributed by atoms with van der Waals surface area (Å²) in [4.78, 5) is 10.8. The van der Waals surface area contributed by atoms with Gasteiger partial charge in [0.1, 0.15) is 0 Å². The Morgan fingerprint density at radius 3 is 1.60 bits per heavy atom. The predicted molar refractivity (Wildman–Crippen MR) is 65.9 cm³/mol. The zero-order chi connectivity index (χ0) is 12.5. The Kier molecular flexibility index (Phi) is 30.1. The number of rotatable bonds is 0. The van der Waals surface area contributed by atoms with Crippen molar-refractivity contribution in [1.29, 1.82) is 0 Å². The van der Waals surface area contributed by atoms with E-state index in [1.165, 1.54) is 38.8 Å². The van der Waals surface area contributed by atoms with E-state index in [1.54, 1.807) is 0 Å². The highest BCUT2D eigenvalue weighted by atomic mass is 16.3. The van der Waals surface area contributed by atoms with E-state index in [4.69, 9.17) is 9.90 Å². The summed E-state index contributed by atoms with van der Waals surface area (Å²) in [7, 11) is 2.19. The molecule has 0 aliphatic carbocycles. The third-order valence-electron chi connectivity index (χ3n) is 1.58. The first kappa shape index (κ1) is 19.5. The molecule has 0 saturated carbocycles. The Labute approximate surface area is 94.5 Å². The third-order valence-corrected chi connectivity index (χ3v) is 1.58. The fourth-order valence-corrected chi connectivity index (χ4v) is 1.05. The minimum atomic E-state index is -0.250. The van der Waals surface area contributed by atoms with Gasteiger partial charge in [-0.25, -0.2) is 0 Å². The first-order valence-electron chi connectivity index (χ1n) is 5.32. The number of piperidine rings is 1. The van der Waals surface area contributed by atoms with Crippen LogP contribution in [0.2, 0.25) is 0 Å². The summed E-state index contributed by atoms with van der Waals surface area (Å²) >= 11 is 0. The van der Waals surface area contributed by atoms with Gasteiger partial charge < -0.3 is 10.0 Å². The maximum Gasteiger partial charge on any atom is 0.290 e. The molecule has 0 aromatic rings. The molecule has 0 atom stereocenters. The van der Waals surface area contributed by atoms with Crippen molar-refractivity contribution in [3.05, 3.63) is 0 Å². The van der Waals surface area contributed by atoms with Crippen LogP contribution in [0.5, 0.6) is 0 Å². The number of carbonyl (C=O) groups is 1. The molecule has 1 N–H and O–H groups in total. The van der Waals surface area contributed by atoms with E-state index in [-0.39, 0.29) is 6.47 Å². The lowest BCUT2D eigenvalue weighted by atomic mass is 10.1. The predicted octanol–water partition coefficient (Wildman–Crippen LogP) is 2.47. The molecule has 1 aliphatic heterocycles. The zero-order valence-electron chi connectivity index (χ0n) is 10.3. The molecular weight excluding hydrogens is 190 g/mol. The van der Waals surface area contributed by atoms with Crippen LogP contribution < -0.4 is 0 Å². The van der Waals surface area contributed by atoms with E-state index in [2.05, 4.69) is 38.6 Å². The molecule has 0 spiro atoms. The van der Waals surface area contributed by atoms with E-state index >= 15 is 0 Å². The second-order valence-corrected chi connectivity index (χ2v) is 3.18. The average Bonchev–Trinajstić information content (AvgIpc) is 2.24. The lowest BCUT2D eigenvalue weighted by Gasteiger charge is -2.20. The number of likely N-dealkylation sites (tertiary alicyclic amines) is 1. The van der Waals surface area contributed by atoms with Crippen molar-refractivity contribution in [2.24, 2.45) is 0 Å². The highest BCUT2D eigenvalue weighted by molar-refractivity contribution is 5.32. The second kappa shape index (κ2) is 23.1. The van der Waals surface area contributed by atoms with Gasteiger partial charge in [-0.15, -0.1) is 12.8 Å². The van der Waals surface area contributed by atoms with Gasteiger partial charge in [0.25, 0.3) is 6.47 Å². The van der Waals surface area contributed by atoms with E-state index in [9.17, 15) is 0 Å². The van der Waals surface area contributed by atoms with Crippen molar-refractivity contribution >= 4 is 6.47 Å². The van der Waals surface area contributed by atoms with Crippen LogP contribution in [0, 0.1) is 12.8 Å². The monoisotopic (exact) mass is 215 g/mol. The molecule has 1 fully saturated rings. The molecule has 0 unspecified atom stereocenters. The van der Waals surface area contributed by atoms with Gasteiger partial charge in [-0.2, -0.15) is 0 Å². The number of hydrogen-bond acceptors (Lipinski definition) is 2. The van der Waals surface area contributed by atoms with E-state index < -0.39 is 0 Å². The van der Waals surface area contributed by atoms with Crippen LogP contribution in [0.1, 0.15) is 39.5 Å². The standard InChI is InChI=1S/C6H13N.C3H8.C2H2.CH2O2/c1-7-5-3-2-4-6-7;1-3-2;1-2;2-1-3/h2-6H2,1H3;3H2,1-2H3;1-2H;1H,(H,2,3). The van der Waals surface area contributed by atoms with Gasteiger partial charge in [0.2, 0.25) is 0 Å². The van der Waals surface area contributed by atoms with Gasteiger partial charge in [0.15, 0.2) is 0 Å². The molecule has 0 aromatic heterocycles. The molecule has 90 valence electrons. The number of nitrogens with zero attached hydrogens (tertiary/aromatic N) is 1. The molecular formula is C12H25NO2. The minimum absolute atomic E-state index is 0.250. The summed E-state index contributed by atoms with van der Waals surface area (Å²) in [5, 5.41) is 6.89. The van der Waals surface area contributed by atoms with E-state index in [1.807, 2.05) is 0 Å². The first-order valence-corrected chi connectivity index (χ1v) is 5.32. The summed E-state index contributed by atoms with van der Waals surface area (Å²) in [6, 6.07) is 0. The highest BCUT2D eigenvalue weighted by Gasteiger charge is 2.02. The largest absolute Gasteiger partial charge is 0.483 e. The van der Waals surface area contributed by atoms with Gasteiger partial charge in [0.05, 0.1) is 0 Å². The molecule has 1 saturated heterocycles. The van der Waals surface area contributed by atoms with Gasteiger partial charge in [0, 0.05) is 0 Å². The number of terminal acetylenes is 1. The summed E-state index contributed by atoms with van der Waals surface area (Å²) in [5.41, 5.74) is 0. The molecule has 0 aromatic carbocycles. The molecule has 3 heteroatoms. The van der Waals surface area contributed by atoms with Crippen LogP contribution in [0.4, 0.5) is 0 Å². The molecule has 1 aliphatic rings. The van der Waals surface area contributed by atoms with Crippen LogP contribution >= 0.6 is 0 Å². The lowest BCUT2D eigenvalue weighted by Crippen LogP contribution is -2.24. The Bertz CT molecular complexity index is 118. The first-order chi connectivity index (χ1) is 7.22. The summed E-state index contributed by atoms with van der Waals surface area (Å²) in [5.74, 6) is 0. The Morgan fingerprint density at radius 1 is 1.20 bits per heavy atom. The average molecular weight is 215 g/mol. The normalized spacial score (nSPS) is 13.9. The maximum absolute atomic E-state index is 8.36.